The van der Waals surface area contributed by atoms with Gasteiger partial charge in [-0.15, -0.1) is 0 Å². The molecule has 0 fully saturated rings. The zero-order chi connectivity index (χ0) is 15.2. The van der Waals surface area contributed by atoms with E-state index in [0.29, 0.717) is 13.0 Å². The van der Waals surface area contributed by atoms with E-state index in [2.05, 4.69) is 5.32 Å². The van der Waals surface area contributed by atoms with Gasteiger partial charge in [0.2, 0.25) is 5.91 Å². The van der Waals surface area contributed by atoms with E-state index in [1.165, 1.54) is 12.1 Å². The van der Waals surface area contributed by atoms with Gasteiger partial charge in [-0.25, -0.2) is 4.79 Å². The highest BCUT2D eigenvalue weighted by Crippen LogP contribution is 2.08. The summed E-state index contributed by atoms with van der Waals surface area (Å²) in [4.78, 5) is 22.7. The van der Waals surface area contributed by atoms with Gasteiger partial charge in [-0.2, -0.15) is 0 Å². The predicted octanol–water partition coefficient (Wildman–Crippen LogP) is 2.55. The number of amides is 1. The van der Waals surface area contributed by atoms with E-state index >= 15 is 0 Å². The van der Waals surface area contributed by atoms with Crippen molar-refractivity contribution in [3.8, 4) is 0 Å². The summed E-state index contributed by atoms with van der Waals surface area (Å²) in [6, 6.07) is 14.3. The third kappa shape index (κ3) is 4.18. The number of rotatable bonds is 5. The first-order chi connectivity index (χ1) is 10.1. The molecule has 21 heavy (non-hydrogen) atoms. The molecule has 0 bridgehead atoms. The van der Waals surface area contributed by atoms with Gasteiger partial charge < -0.3 is 10.4 Å². The van der Waals surface area contributed by atoms with Crippen LogP contribution in [0.1, 0.15) is 27.0 Å². The Bertz CT molecular complexity index is 647. The quantitative estimate of drug-likeness (QED) is 0.886. The van der Waals surface area contributed by atoms with Gasteiger partial charge in [0.05, 0.1) is 12.0 Å². The maximum Gasteiger partial charge on any atom is 0.335 e. The molecule has 0 radical (unpaired) electrons. The first kappa shape index (κ1) is 14.8. The fraction of sp³-hybridized carbons (Fsp3) is 0.176. The lowest BCUT2D eigenvalue weighted by molar-refractivity contribution is -0.120. The number of aromatic carboxylic acids is 1. The maximum atomic E-state index is 11.9. The lowest BCUT2D eigenvalue weighted by Gasteiger charge is -2.07. The van der Waals surface area contributed by atoms with Crippen molar-refractivity contribution in [2.75, 3.05) is 0 Å². The summed E-state index contributed by atoms with van der Waals surface area (Å²) >= 11 is 0. The van der Waals surface area contributed by atoms with Crippen LogP contribution in [0, 0.1) is 6.92 Å². The molecule has 2 aromatic carbocycles. The Kier molecular flexibility index (Phi) is 4.72. The first-order valence-corrected chi connectivity index (χ1v) is 6.69. The lowest BCUT2D eigenvalue weighted by Crippen LogP contribution is -2.24. The van der Waals surface area contributed by atoms with E-state index in [4.69, 9.17) is 5.11 Å². The normalized spacial score (nSPS) is 10.1. The molecule has 2 N–H and O–H groups in total. The molecule has 2 rings (SSSR count). The Hall–Kier alpha value is -2.62. The summed E-state index contributed by atoms with van der Waals surface area (Å²) in [7, 11) is 0. The van der Waals surface area contributed by atoms with Crippen molar-refractivity contribution in [2.24, 2.45) is 0 Å². The van der Waals surface area contributed by atoms with Crippen LogP contribution in [0.4, 0.5) is 0 Å². The minimum atomic E-state index is -0.954. The van der Waals surface area contributed by atoms with Crippen LogP contribution in [-0.2, 0) is 17.8 Å². The molecule has 0 aromatic heterocycles. The highest BCUT2D eigenvalue weighted by Gasteiger charge is 2.06. The minimum Gasteiger partial charge on any atom is -0.478 e. The number of carbonyl (C=O) groups excluding carboxylic acids is 1. The van der Waals surface area contributed by atoms with E-state index in [-0.39, 0.29) is 11.5 Å². The Morgan fingerprint density at radius 2 is 1.71 bits per heavy atom. The van der Waals surface area contributed by atoms with Gasteiger partial charge in [-0.1, -0.05) is 36.4 Å². The SMILES string of the molecule is Cc1ccccc1CC(=O)NCc1ccc(C(=O)O)cc1. The number of carboxylic acids is 1. The fourth-order valence-corrected chi connectivity index (χ4v) is 2.01. The highest BCUT2D eigenvalue weighted by molar-refractivity contribution is 5.87. The highest BCUT2D eigenvalue weighted by atomic mass is 16.4. The van der Waals surface area contributed by atoms with Crippen LogP contribution in [0.25, 0.3) is 0 Å². The van der Waals surface area contributed by atoms with Crippen molar-refractivity contribution >= 4 is 11.9 Å². The molecular formula is C17H17NO3. The number of aryl methyl sites for hydroxylation is 1. The Balaban J connectivity index is 1.89. The summed E-state index contributed by atoms with van der Waals surface area (Å²) in [6.07, 6.45) is 0.347. The molecule has 0 aliphatic carbocycles. The molecule has 1 amide bonds. The van der Waals surface area contributed by atoms with Crippen molar-refractivity contribution in [1.82, 2.24) is 5.32 Å². The van der Waals surface area contributed by atoms with E-state index < -0.39 is 5.97 Å². The van der Waals surface area contributed by atoms with Crippen LogP contribution in [-0.4, -0.2) is 17.0 Å². The molecule has 0 aliphatic heterocycles. The zero-order valence-corrected chi connectivity index (χ0v) is 11.8. The van der Waals surface area contributed by atoms with Gasteiger partial charge in [-0.3, -0.25) is 4.79 Å². The summed E-state index contributed by atoms with van der Waals surface area (Å²) < 4.78 is 0. The first-order valence-electron chi connectivity index (χ1n) is 6.69. The van der Waals surface area contributed by atoms with Crippen molar-refractivity contribution in [1.29, 1.82) is 0 Å². The second-order valence-electron chi connectivity index (χ2n) is 4.88. The standard InChI is InChI=1S/C17H17NO3/c1-12-4-2-3-5-15(12)10-16(19)18-11-13-6-8-14(9-7-13)17(20)21/h2-9H,10-11H2,1H3,(H,18,19)(H,20,21). The average Bonchev–Trinajstić information content (AvgIpc) is 2.48. The van der Waals surface area contributed by atoms with Crippen LogP contribution in [0.15, 0.2) is 48.5 Å². The number of hydrogen-bond acceptors (Lipinski definition) is 2. The van der Waals surface area contributed by atoms with Crippen LogP contribution in [0.3, 0.4) is 0 Å². The van der Waals surface area contributed by atoms with Crippen LogP contribution in [0.5, 0.6) is 0 Å². The largest absolute Gasteiger partial charge is 0.478 e. The van der Waals surface area contributed by atoms with E-state index in [9.17, 15) is 9.59 Å². The van der Waals surface area contributed by atoms with Gasteiger partial charge in [0.1, 0.15) is 0 Å². The number of carbonyl (C=O) groups is 2. The molecular weight excluding hydrogens is 266 g/mol. The number of carboxylic acid groups (broad SMARTS) is 1. The van der Waals surface area contributed by atoms with Crippen LogP contribution < -0.4 is 5.32 Å². The second-order valence-corrected chi connectivity index (χ2v) is 4.88. The Morgan fingerprint density at radius 3 is 2.33 bits per heavy atom. The van der Waals surface area contributed by atoms with Crippen molar-refractivity contribution in [3.05, 3.63) is 70.8 Å². The van der Waals surface area contributed by atoms with Crippen molar-refractivity contribution < 1.29 is 14.7 Å². The molecule has 0 spiro atoms. The topological polar surface area (TPSA) is 66.4 Å². The molecule has 4 nitrogen and oxygen atoms in total. The summed E-state index contributed by atoms with van der Waals surface area (Å²) in [5, 5.41) is 11.7. The summed E-state index contributed by atoms with van der Waals surface area (Å²) in [5.41, 5.74) is 3.22. The molecule has 0 aliphatic rings. The Morgan fingerprint density at radius 1 is 1.05 bits per heavy atom. The molecule has 0 saturated heterocycles. The molecule has 0 atom stereocenters. The fourth-order valence-electron chi connectivity index (χ4n) is 2.01. The lowest BCUT2D eigenvalue weighted by atomic mass is 10.1. The van der Waals surface area contributed by atoms with Gasteiger partial charge in [0, 0.05) is 6.54 Å². The average molecular weight is 283 g/mol. The van der Waals surface area contributed by atoms with Gasteiger partial charge in [0.15, 0.2) is 0 Å². The van der Waals surface area contributed by atoms with Gasteiger partial charge in [-0.05, 0) is 35.7 Å². The smallest absolute Gasteiger partial charge is 0.335 e. The third-order valence-corrected chi connectivity index (χ3v) is 3.30. The van der Waals surface area contributed by atoms with Gasteiger partial charge in [0.25, 0.3) is 0 Å². The monoisotopic (exact) mass is 283 g/mol. The Labute approximate surface area is 123 Å². The predicted molar refractivity (Wildman–Crippen MR) is 80.1 cm³/mol. The second kappa shape index (κ2) is 6.70. The third-order valence-electron chi connectivity index (χ3n) is 3.30. The molecule has 0 unspecified atom stereocenters. The molecule has 4 heteroatoms. The van der Waals surface area contributed by atoms with Crippen LogP contribution >= 0.6 is 0 Å². The van der Waals surface area contributed by atoms with Crippen molar-refractivity contribution in [2.45, 2.75) is 19.9 Å². The summed E-state index contributed by atoms with van der Waals surface area (Å²) in [5.74, 6) is -1.00. The maximum absolute atomic E-state index is 11.9. The number of benzene rings is 2. The summed E-state index contributed by atoms with van der Waals surface area (Å²) in [6.45, 7) is 2.37. The molecule has 0 saturated carbocycles. The van der Waals surface area contributed by atoms with E-state index in [1.54, 1.807) is 12.1 Å². The van der Waals surface area contributed by atoms with E-state index in [1.807, 2.05) is 31.2 Å². The zero-order valence-electron chi connectivity index (χ0n) is 11.8. The van der Waals surface area contributed by atoms with E-state index in [0.717, 1.165) is 16.7 Å². The van der Waals surface area contributed by atoms with Crippen LogP contribution in [0.2, 0.25) is 0 Å². The minimum absolute atomic E-state index is 0.0494. The van der Waals surface area contributed by atoms with Crippen molar-refractivity contribution in [3.63, 3.8) is 0 Å². The number of hydrogen-bond donors (Lipinski definition) is 2. The molecule has 108 valence electrons. The molecule has 0 heterocycles. The number of nitrogens with one attached hydrogen (secondary N) is 1. The molecule has 2 aromatic rings. The van der Waals surface area contributed by atoms with Gasteiger partial charge >= 0.3 is 5.97 Å².